The van der Waals surface area contributed by atoms with Crippen molar-refractivity contribution in [3.63, 3.8) is 0 Å². The van der Waals surface area contributed by atoms with Crippen LogP contribution in [0.1, 0.15) is 66.7 Å². The molecule has 1 unspecified atom stereocenters. The van der Waals surface area contributed by atoms with Gasteiger partial charge in [-0.15, -0.1) is 0 Å². The lowest BCUT2D eigenvalue weighted by molar-refractivity contribution is 0.0285. The Balaban J connectivity index is 2.40. The number of nitrogens with zero attached hydrogens (tertiary/aromatic N) is 2. The first-order valence-electron chi connectivity index (χ1n) is 8.85. The van der Waals surface area contributed by atoms with E-state index in [9.17, 15) is 9.59 Å². The summed E-state index contributed by atoms with van der Waals surface area (Å²) in [6.07, 6.45) is 3.67. The third-order valence-electron chi connectivity index (χ3n) is 3.83. The molecular formula is C17H32N4O4. The molecule has 1 atom stereocenters. The summed E-state index contributed by atoms with van der Waals surface area (Å²) in [5.74, 6) is 0.271. The van der Waals surface area contributed by atoms with Gasteiger partial charge in [-0.05, 0) is 53.4 Å². The number of nitrogens with two attached hydrogens (primary N) is 1. The van der Waals surface area contributed by atoms with E-state index in [0.717, 1.165) is 25.7 Å². The van der Waals surface area contributed by atoms with Crippen molar-refractivity contribution < 1.29 is 19.1 Å². The number of ether oxygens (including phenoxy) is 2. The maximum Gasteiger partial charge on any atom is 0.452 e. The van der Waals surface area contributed by atoms with Gasteiger partial charge in [0.05, 0.1) is 6.54 Å². The van der Waals surface area contributed by atoms with Crippen molar-refractivity contribution in [3.05, 3.63) is 0 Å². The van der Waals surface area contributed by atoms with Crippen molar-refractivity contribution in [1.29, 1.82) is 0 Å². The first-order valence-corrected chi connectivity index (χ1v) is 8.85. The van der Waals surface area contributed by atoms with Gasteiger partial charge in [-0.25, -0.2) is 9.59 Å². The summed E-state index contributed by atoms with van der Waals surface area (Å²) in [6, 6.07) is 0. The first-order chi connectivity index (χ1) is 11.5. The lowest BCUT2D eigenvalue weighted by Gasteiger charge is -2.26. The zero-order valence-corrected chi connectivity index (χ0v) is 16.0. The van der Waals surface area contributed by atoms with Gasteiger partial charge in [0.15, 0.2) is 0 Å². The molecule has 25 heavy (non-hydrogen) atoms. The monoisotopic (exact) mass is 356 g/mol. The smallest absolute Gasteiger partial charge is 0.444 e. The Labute approximate surface area is 149 Å². The summed E-state index contributed by atoms with van der Waals surface area (Å²) in [5, 5.41) is 10.0. The number of alkyl carbamates (subject to hydrolysis) is 1. The van der Waals surface area contributed by atoms with Crippen molar-refractivity contribution in [2.45, 2.75) is 84.1 Å². The molecule has 0 aliphatic heterocycles. The quantitative estimate of drug-likeness (QED) is 0.728. The molecule has 0 saturated heterocycles. The number of carbonyl (C=O) groups excluding carboxylic acids is 2. The Hall–Kier alpha value is -1.70. The SMILES string of the molecule is CC(C)(C)OC(=O)NCC(C)(C)OC(=O)/N=N/C(N)C1CCCCC1. The number of nitrogens with one attached hydrogen (secondary N) is 1. The zero-order chi connectivity index (χ0) is 19.1. The summed E-state index contributed by atoms with van der Waals surface area (Å²) >= 11 is 0. The highest BCUT2D eigenvalue weighted by Crippen LogP contribution is 2.26. The maximum atomic E-state index is 11.8. The Morgan fingerprint density at radius 1 is 1.12 bits per heavy atom. The van der Waals surface area contributed by atoms with Crippen LogP contribution in [0.5, 0.6) is 0 Å². The highest BCUT2D eigenvalue weighted by atomic mass is 16.6. The molecule has 1 fully saturated rings. The highest BCUT2D eigenvalue weighted by molar-refractivity contribution is 5.69. The van der Waals surface area contributed by atoms with Crippen molar-refractivity contribution in [2.24, 2.45) is 21.9 Å². The van der Waals surface area contributed by atoms with Crippen molar-refractivity contribution >= 4 is 12.2 Å². The average molecular weight is 356 g/mol. The topological polar surface area (TPSA) is 115 Å². The van der Waals surface area contributed by atoms with E-state index in [4.69, 9.17) is 15.2 Å². The molecule has 0 spiro atoms. The summed E-state index contributed by atoms with van der Waals surface area (Å²) in [4.78, 5) is 23.5. The largest absolute Gasteiger partial charge is 0.452 e. The Bertz CT molecular complexity index is 480. The number of hydrogen-bond donors (Lipinski definition) is 2. The molecule has 8 heteroatoms. The molecule has 8 nitrogen and oxygen atoms in total. The van der Waals surface area contributed by atoms with Crippen molar-refractivity contribution in [2.75, 3.05) is 6.54 Å². The van der Waals surface area contributed by atoms with Crippen LogP contribution in [0.4, 0.5) is 9.59 Å². The molecule has 0 bridgehead atoms. The van der Waals surface area contributed by atoms with Gasteiger partial charge in [-0.2, -0.15) is 5.11 Å². The number of hydrogen-bond acceptors (Lipinski definition) is 6. The molecule has 2 amide bonds. The van der Waals surface area contributed by atoms with Gasteiger partial charge in [-0.1, -0.05) is 24.4 Å². The Morgan fingerprint density at radius 2 is 1.72 bits per heavy atom. The third kappa shape index (κ3) is 9.38. The molecule has 0 aromatic heterocycles. The lowest BCUT2D eigenvalue weighted by atomic mass is 9.87. The van der Waals surface area contributed by atoms with Crippen LogP contribution in [0.3, 0.4) is 0 Å². The molecular weight excluding hydrogens is 324 g/mol. The van der Waals surface area contributed by atoms with E-state index in [2.05, 4.69) is 15.5 Å². The number of rotatable bonds is 5. The van der Waals surface area contributed by atoms with E-state index in [-0.39, 0.29) is 12.5 Å². The molecule has 144 valence electrons. The van der Waals surface area contributed by atoms with Gasteiger partial charge in [0.25, 0.3) is 0 Å². The highest BCUT2D eigenvalue weighted by Gasteiger charge is 2.26. The Kier molecular flexibility index (Phi) is 7.79. The number of azo groups is 1. The summed E-state index contributed by atoms with van der Waals surface area (Å²) < 4.78 is 10.4. The first kappa shape index (κ1) is 21.3. The van der Waals surface area contributed by atoms with Gasteiger partial charge in [0.2, 0.25) is 0 Å². The summed E-state index contributed by atoms with van der Waals surface area (Å²) in [7, 11) is 0. The van der Waals surface area contributed by atoms with E-state index in [0.29, 0.717) is 0 Å². The minimum atomic E-state index is -0.943. The second-order valence-electron chi connectivity index (χ2n) is 8.09. The van der Waals surface area contributed by atoms with Crippen molar-refractivity contribution in [1.82, 2.24) is 5.32 Å². The summed E-state index contributed by atoms with van der Waals surface area (Å²) in [5.41, 5.74) is 4.44. The zero-order valence-electron chi connectivity index (χ0n) is 16.0. The molecule has 1 aliphatic rings. The van der Waals surface area contributed by atoms with E-state index in [1.54, 1.807) is 34.6 Å². The van der Waals surface area contributed by atoms with Crippen LogP contribution in [0.15, 0.2) is 10.2 Å². The van der Waals surface area contributed by atoms with E-state index in [1.165, 1.54) is 6.42 Å². The van der Waals surface area contributed by atoms with Crippen LogP contribution in [-0.2, 0) is 9.47 Å². The van der Waals surface area contributed by atoms with Gasteiger partial charge < -0.3 is 20.5 Å². The molecule has 1 aliphatic carbocycles. The normalized spacial score (nSPS) is 18.0. The predicted octanol–water partition coefficient (Wildman–Crippen LogP) is 3.74. The van der Waals surface area contributed by atoms with Crippen LogP contribution in [0.25, 0.3) is 0 Å². The van der Waals surface area contributed by atoms with Gasteiger partial charge >= 0.3 is 12.2 Å². The van der Waals surface area contributed by atoms with E-state index < -0.39 is 29.6 Å². The molecule has 0 heterocycles. The van der Waals surface area contributed by atoms with Crippen LogP contribution in [-0.4, -0.2) is 36.1 Å². The third-order valence-corrected chi connectivity index (χ3v) is 3.83. The van der Waals surface area contributed by atoms with Gasteiger partial charge in [0, 0.05) is 0 Å². The Morgan fingerprint density at radius 3 is 2.28 bits per heavy atom. The second kappa shape index (κ2) is 9.12. The molecule has 1 saturated carbocycles. The van der Waals surface area contributed by atoms with Gasteiger partial charge in [0.1, 0.15) is 17.4 Å². The van der Waals surface area contributed by atoms with E-state index >= 15 is 0 Å². The maximum absolute atomic E-state index is 11.8. The minimum Gasteiger partial charge on any atom is -0.444 e. The summed E-state index contributed by atoms with van der Waals surface area (Å²) in [6.45, 7) is 8.74. The second-order valence-corrected chi connectivity index (χ2v) is 8.09. The fraction of sp³-hybridized carbons (Fsp3) is 0.882. The van der Waals surface area contributed by atoms with Crippen LogP contribution < -0.4 is 11.1 Å². The van der Waals surface area contributed by atoms with Crippen molar-refractivity contribution in [3.8, 4) is 0 Å². The van der Waals surface area contributed by atoms with Crippen LogP contribution in [0.2, 0.25) is 0 Å². The lowest BCUT2D eigenvalue weighted by Crippen LogP contribution is -2.43. The fourth-order valence-electron chi connectivity index (χ4n) is 2.58. The van der Waals surface area contributed by atoms with Crippen LogP contribution >= 0.6 is 0 Å². The van der Waals surface area contributed by atoms with Gasteiger partial charge in [-0.3, -0.25) is 0 Å². The molecule has 0 aromatic carbocycles. The molecule has 0 aromatic rings. The standard InChI is InChI=1S/C17H32N4O4/c1-16(2,3)24-14(22)19-11-17(4,5)25-15(23)21-20-13(18)12-9-7-6-8-10-12/h12-13H,6-11,18H2,1-5H3,(H,19,22)/b21-20+. The number of amides is 2. The molecule has 1 rings (SSSR count). The molecule has 3 N–H and O–H groups in total. The minimum absolute atomic E-state index is 0.0951. The average Bonchev–Trinajstić information content (AvgIpc) is 2.49. The predicted molar refractivity (Wildman–Crippen MR) is 94.2 cm³/mol. The van der Waals surface area contributed by atoms with Crippen LogP contribution in [0, 0.1) is 5.92 Å². The molecule has 0 radical (unpaired) electrons. The fourth-order valence-corrected chi connectivity index (χ4v) is 2.58. The van der Waals surface area contributed by atoms with E-state index in [1.807, 2.05) is 0 Å². The number of carbonyl (C=O) groups is 2.